The maximum atomic E-state index is 11.7. The molecule has 21 heavy (non-hydrogen) atoms. The van der Waals surface area contributed by atoms with Crippen LogP contribution in [-0.2, 0) is 9.53 Å². The Balaban J connectivity index is 2.34. The first-order valence-corrected chi connectivity index (χ1v) is 8.34. The number of rotatable bonds is 9. The molecule has 1 unspecified atom stereocenters. The molecule has 0 spiro atoms. The Labute approximate surface area is 126 Å². The molecule has 0 saturated carbocycles. The van der Waals surface area contributed by atoms with Gasteiger partial charge in [-0.2, -0.15) is 0 Å². The van der Waals surface area contributed by atoms with Gasteiger partial charge in [-0.1, -0.05) is 49.1 Å². The summed E-state index contributed by atoms with van der Waals surface area (Å²) in [4.78, 5) is 23.4. The van der Waals surface area contributed by atoms with E-state index in [1.165, 1.54) is 0 Å². The molecule has 0 aliphatic rings. The molecule has 0 radical (unpaired) electrons. The van der Waals surface area contributed by atoms with Crippen molar-refractivity contribution in [3.63, 3.8) is 0 Å². The molecule has 0 aliphatic heterocycles. The van der Waals surface area contributed by atoms with Crippen molar-refractivity contribution in [1.82, 2.24) is 0 Å². The van der Waals surface area contributed by atoms with Crippen LogP contribution in [0, 0.1) is 0 Å². The number of esters is 1. The fraction of sp³-hybridized carbons (Fsp3) is 0.533. The summed E-state index contributed by atoms with van der Waals surface area (Å²) in [6.45, 7) is 4.06. The van der Waals surface area contributed by atoms with E-state index in [0.717, 1.165) is 25.7 Å². The van der Waals surface area contributed by atoms with Gasteiger partial charge in [0.1, 0.15) is 0 Å². The van der Waals surface area contributed by atoms with E-state index in [9.17, 15) is 9.69 Å². The minimum atomic E-state index is -2.28. The van der Waals surface area contributed by atoms with Crippen LogP contribution in [-0.4, -0.2) is 18.6 Å². The lowest BCUT2D eigenvalue weighted by atomic mass is 10.2. The topological polar surface area (TPSA) is 71.0 Å². The SMILES string of the molecule is CCCCCCOC(=O)[C@H](C)N=[P+]([O-])Oc1ccccc1. The van der Waals surface area contributed by atoms with Gasteiger partial charge in [0.25, 0.3) is 0 Å². The van der Waals surface area contributed by atoms with Gasteiger partial charge in [0, 0.05) is 0 Å². The molecule has 0 aromatic heterocycles. The van der Waals surface area contributed by atoms with E-state index in [4.69, 9.17) is 9.26 Å². The number of hydrogen-bond donors (Lipinski definition) is 0. The van der Waals surface area contributed by atoms with E-state index >= 15 is 0 Å². The van der Waals surface area contributed by atoms with Crippen LogP contribution in [0.5, 0.6) is 5.75 Å². The van der Waals surface area contributed by atoms with Crippen LogP contribution >= 0.6 is 8.17 Å². The summed E-state index contributed by atoms with van der Waals surface area (Å²) in [6.07, 6.45) is 4.16. The highest BCUT2D eigenvalue weighted by Gasteiger charge is 2.18. The lowest BCUT2D eigenvalue weighted by Crippen LogP contribution is -2.19. The lowest BCUT2D eigenvalue weighted by Gasteiger charge is -2.06. The molecule has 0 N–H and O–H groups in total. The van der Waals surface area contributed by atoms with Crippen LogP contribution in [0.15, 0.2) is 35.1 Å². The Kier molecular flexibility index (Phi) is 8.63. The molecule has 5 nitrogen and oxygen atoms in total. The van der Waals surface area contributed by atoms with Gasteiger partial charge >= 0.3 is 14.1 Å². The molecule has 0 bridgehead atoms. The summed E-state index contributed by atoms with van der Waals surface area (Å²) >= 11 is 0. The van der Waals surface area contributed by atoms with Gasteiger partial charge in [-0.15, -0.1) is 0 Å². The van der Waals surface area contributed by atoms with Crippen molar-refractivity contribution >= 4 is 14.1 Å². The smallest absolute Gasteiger partial charge is 0.395 e. The third kappa shape index (κ3) is 7.78. The van der Waals surface area contributed by atoms with Crippen molar-refractivity contribution in [2.24, 2.45) is 4.74 Å². The minimum absolute atomic E-state index is 0.384. The summed E-state index contributed by atoms with van der Waals surface area (Å²) in [7, 11) is -2.28. The average Bonchev–Trinajstić information content (AvgIpc) is 2.47. The molecular weight excluding hydrogens is 289 g/mol. The van der Waals surface area contributed by atoms with Crippen molar-refractivity contribution < 1.29 is 18.9 Å². The predicted octanol–water partition coefficient (Wildman–Crippen LogP) is 3.43. The van der Waals surface area contributed by atoms with E-state index in [2.05, 4.69) is 11.7 Å². The number of ether oxygens (including phenoxy) is 1. The molecule has 0 saturated heterocycles. The molecule has 1 aromatic carbocycles. The fourth-order valence-electron chi connectivity index (χ4n) is 1.61. The summed E-state index contributed by atoms with van der Waals surface area (Å²) in [5, 5.41) is 0. The van der Waals surface area contributed by atoms with Gasteiger partial charge in [0.2, 0.25) is 0 Å². The Bertz CT molecular complexity index is 450. The first-order chi connectivity index (χ1) is 10.1. The number of nitrogens with zero attached hydrogens (tertiary/aromatic N) is 1. The van der Waals surface area contributed by atoms with Gasteiger partial charge in [0.15, 0.2) is 11.8 Å². The van der Waals surface area contributed by atoms with Crippen LogP contribution in [0.2, 0.25) is 0 Å². The van der Waals surface area contributed by atoms with Crippen molar-refractivity contribution in [3.05, 3.63) is 30.3 Å². The number of benzene rings is 1. The van der Waals surface area contributed by atoms with E-state index < -0.39 is 20.2 Å². The van der Waals surface area contributed by atoms with Gasteiger partial charge in [-0.05, 0) is 25.5 Å². The van der Waals surface area contributed by atoms with Crippen molar-refractivity contribution in [1.29, 1.82) is 0 Å². The van der Waals surface area contributed by atoms with Crippen LogP contribution < -0.4 is 9.42 Å². The Hall–Kier alpha value is -1.45. The summed E-state index contributed by atoms with van der Waals surface area (Å²) in [5.74, 6) is -0.00555. The molecule has 0 aliphatic carbocycles. The van der Waals surface area contributed by atoms with Crippen LogP contribution in [0.25, 0.3) is 0 Å². The zero-order valence-electron chi connectivity index (χ0n) is 12.5. The van der Waals surface area contributed by atoms with E-state index in [-0.39, 0.29) is 0 Å². The molecule has 1 aromatic rings. The van der Waals surface area contributed by atoms with Gasteiger partial charge < -0.3 is 9.63 Å². The van der Waals surface area contributed by atoms with Crippen molar-refractivity contribution in [2.75, 3.05) is 6.61 Å². The van der Waals surface area contributed by atoms with Crippen molar-refractivity contribution in [3.8, 4) is 5.75 Å². The first kappa shape index (κ1) is 17.6. The highest BCUT2D eigenvalue weighted by Crippen LogP contribution is 2.23. The van der Waals surface area contributed by atoms with Crippen LogP contribution in [0.4, 0.5) is 0 Å². The number of hydrogen-bond acceptors (Lipinski definition) is 5. The van der Waals surface area contributed by atoms with Gasteiger partial charge in [0.05, 0.1) is 6.61 Å². The Morgan fingerprint density at radius 1 is 1.29 bits per heavy atom. The van der Waals surface area contributed by atoms with Gasteiger partial charge in [-0.3, -0.25) is 4.52 Å². The monoisotopic (exact) mass is 311 g/mol. The second-order valence-corrected chi connectivity index (χ2v) is 5.55. The third-order valence-corrected chi connectivity index (χ3v) is 3.68. The van der Waals surface area contributed by atoms with Crippen molar-refractivity contribution in [2.45, 2.75) is 45.6 Å². The number of unbranched alkanes of at least 4 members (excludes halogenated alkanes) is 3. The zero-order valence-corrected chi connectivity index (χ0v) is 13.4. The van der Waals surface area contributed by atoms with Crippen LogP contribution in [0.1, 0.15) is 39.5 Å². The second kappa shape index (κ2) is 10.3. The Morgan fingerprint density at radius 3 is 2.67 bits per heavy atom. The minimum Gasteiger partial charge on any atom is -0.575 e. The quantitative estimate of drug-likeness (QED) is 0.398. The molecule has 2 atom stereocenters. The molecule has 1 rings (SSSR count). The first-order valence-electron chi connectivity index (χ1n) is 7.21. The third-order valence-electron chi connectivity index (χ3n) is 2.78. The number of carbonyl (C=O) groups is 1. The van der Waals surface area contributed by atoms with Gasteiger partial charge in [-0.25, -0.2) is 4.79 Å². The average molecular weight is 311 g/mol. The van der Waals surface area contributed by atoms with Crippen LogP contribution in [0.3, 0.4) is 0 Å². The molecule has 0 heterocycles. The standard InChI is InChI=1S/C15H22NO4P/c1-3-4-5-9-12-19-15(17)13(2)16-21(18)20-14-10-7-6-8-11-14/h6-8,10-11,13H,3-5,9,12H2,1-2H3/t13-/m0/s1. The lowest BCUT2D eigenvalue weighted by molar-refractivity contribution is -0.169. The Morgan fingerprint density at radius 2 is 2.00 bits per heavy atom. The number of para-hydroxylation sites is 1. The highest BCUT2D eigenvalue weighted by atomic mass is 31.1. The molecule has 116 valence electrons. The van der Waals surface area contributed by atoms with E-state index in [0.29, 0.717) is 12.4 Å². The maximum Gasteiger partial charge on any atom is 0.395 e. The fourth-order valence-corrected chi connectivity index (χ4v) is 2.33. The molecule has 0 fully saturated rings. The largest absolute Gasteiger partial charge is 0.575 e. The highest BCUT2D eigenvalue weighted by molar-refractivity contribution is 7.34. The van der Waals surface area contributed by atoms with E-state index in [1.807, 2.05) is 6.07 Å². The summed E-state index contributed by atoms with van der Waals surface area (Å²) < 4.78 is 14.0. The molecular formula is C15H22NO4P. The molecule has 6 heteroatoms. The van der Waals surface area contributed by atoms with E-state index in [1.54, 1.807) is 31.2 Å². The zero-order chi connectivity index (χ0) is 15.5. The molecule has 0 amide bonds. The normalized spacial score (nSPS) is 12.8. The maximum absolute atomic E-state index is 11.7. The second-order valence-electron chi connectivity index (χ2n) is 4.66. The number of carbonyl (C=O) groups excluding carboxylic acids is 1. The predicted molar refractivity (Wildman–Crippen MR) is 81.0 cm³/mol. The summed E-state index contributed by atoms with van der Waals surface area (Å²) in [5.41, 5.74) is 0. The summed E-state index contributed by atoms with van der Waals surface area (Å²) in [6, 6.07) is 7.94.